The third kappa shape index (κ3) is 5.71. The van der Waals surface area contributed by atoms with Crippen LogP contribution in [0.25, 0.3) is 5.57 Å². The number of rotatable bonds is 4. The third-order valence-corrected chi connectivity index (χ3v) is 7.41. The van der Waals surface area contributed by atoms with E-state index in [0.717, 1.165) is 43.6 Å². The van der Waals surface area contributed by atoms with E-state index >= 15 is 0 Å². The number of hydrogen-bond acceptors (Lipinski definition) is 5. The monoisotopic (exact) mass is 529 g/mol. The zero-order valence-electron chi connectivity index (χ0n) is 21.1. The van der Waals surface area contributed by atoms with E-state index in [1.54, 1.807) is 19.2 Å². The molecule has 3 heterocycles. The van der Waals surface area contributed by atoms with Crippen LogP contribution in [0, 0.1) is 0 Å². The predicted octanol–water partition coefficient (Wildman–Crippen LogP) is 4.87. The van der Waals surface area contributed by atoms with Crippen LogP contribution in [0.2, 0.25) is 0 Å². The quantitative estimate of drug-likeness (QED) is 0.553. The van der Waals surface area contributed by atoms with Crippen molar-refractivity contribution in [2.45, 2.75) is 50.4 Å². The van der Waals surface area contributed by atoms with Crippen molar-refractivity contribution in [3.05, 3.63) is 59.2 Å². The van der Waals surface area contributed by atoms with Crippen LogP contribution >= 0.6 is 0 Å². The molecule has 1 fully saturated rings. The van der Waals surface area contributed by atoms with Crippen LogP contribution in [0.1, 0.15) is 42.4 Å². The first-order valence-corrected chi connectivity index (χ1v) is 12.8. The summed E-state index contributed by atoms with van der Waals surface area (Å²) < 4.78 is 50.3. The fourth-order valence-electron chi connectivity index (χ4n) is 5.33. The highest BCUT2D eigenvalue weighted by atomic mass is 19.4. The zero-order valence-corrected chi connectivity index (χ0v) is 21.1. The SMILES string of the molecule is COC1CCN(C2Cc3ccc(NC(=O)/C=C4\CCCOc5cc(C(F)(F)F)ccc54)cc3NC2=O)CC1. The van der Waals surface area contributed by atoms with Crippen LogP contribution in [0.5, 0.6) is 5.75 Å². The molecule has 1 saturated heterocycles. The van der Waals surface area contributed by atoms with E-state index in [1.807, 2.05) is 6.07 Å². The number of alkyl halides is 3. The summed E-state index contributed by atoms with van der Waals surface area (Å²) in [4.78, 5) is 27.9. The minimum Gasteiger partial charge on any atom is -0.493 e. The zero-order chi connectivity index (χ0) is 26.9. The van der Waals surface area contributed by atoms with Gasteiger partial charge in [-0.2, -0.15) is 13.2 Å². The van der Waals surface area contributed by atoms with Gasteiger partial charge in [0.15, 0.2) is 0 Å². The van der Waals surface area contributed by atoms with Gasteiger partial charge in [-0.1, -0.05) is 12.1 Å². The average molecular weight is 530 g/mol. The van der Waals surface area contributed by atoms with Gasteiger partial charge in [0.25, 0.3) is 0 Å². The van der Waals surface area contributed by atoms with Crippen molar-refractivity contribution in [1.82, 2.24) is 4.90 Å². The summed E-state index contributed by atoms with van der Waals surface area (Å²) in [6, 6.07) is 8.52. The maximum atomic E-state index is 13.1. The number of fused-ring (bicyclic) bond motifs is 2. The summed E-state index contributed by atoms with van der Waals surface area (Å²) in [7, 11) is 1.72. The molecule has 5 rings (SSSR count). The van der Waals surface area contributed by atoms with Crippen molar-refractivity contribution in [3.8, 4) is 5.75 Å². The number of ether oxygens (including phenoxy) is 2. The molecule has 0 aromatic heterocycles. The van der Waals surface area contributed by atoms with Gasteiger partial charge in [-0.15, -0.1) is 0 Å². The standard InChI is InChI=1S/C28H30F3N3O4/c1-37-21-8-10-34(11-9-21)24-13-18-4-6-20(16-23(18)33-27(24)36)32-26(35)14-17-3-2-12-38-25-15-19(28(29,30)31)5-7-22(17)25/h4-7,14-16,21,24H,2-3,8-13H2,1H3,(H,32,35)(H,33,36)/b17-14+. The number of carbonyl (C=O) groups is 2. The second-order valence-electron chi connectivity index (χ2n) is 9.87. The van der Waals surface area contributed by atoms with Crippen molar-refractivity contribution in [1.29, 1.82) is 0 Å². The van der Waals surface area contributed by atoms with Crippen molar-refractivity contribution in [2.75, 3.05) is 37.4 Å². The minimum atomic E-state index is -4.48. The number of methoxy groups -OCH3 is 1. The number of allylic oxidation sites excluding steroid dienone is 1. The van der Waals surface area contributed by atoms with Crippen molar-refractivity contribution < 1.29 is 32.2 Å². The van der Waals surface area contributed by atoms with Gasteiger partial charge in [-0.3, -0.25) is 14.5 Å². The first-order valence-electron chi connectivity index (χ1n) is 12.8. The molecule has 0 saturated carbocycles. The Morgan fingerprint density at radius 3 is 2.71 bits per heavy atom. The molecule has 38 heavy (non-hydrogen) atoms. The maximum Gasteiger partial charge on any atom is 0.416 e. The summed E-state index contributed by atoms with van der Waals surface area (Å²) in [5, 5.41) is 5.79. The van der Waals surface area contributed by atoms with Gasteiger partial charge < -0.3 is 20.1 Å². The van der Waals surface area contributed by atoms with Crippen molar-refractivity contribution in [2.24, 2.45) is 0 Å². The van der Waals surface area contributed by atoms with Crippen LogP contribution in [0.3, 0.4) is 0 Å². The van der Waals surface area contributed by atoms with E-state index in [-0.39, 0.29) is 30.4 Å². The third-order valence-electron chi connectivity index (χ3n) is 7.41. The fraction of sp³-hybridized carbons (Fsp3) is 0.429. The summed E-state index contributed by atoms with van der Waals surface area (Å²) in [6.07, 6.45) is 0.615. The van der Waals surface area contributed by atoms with Gasteiger partial charge >= 0.3 is 6.18 Å². The number of nitrogens with one attached hydrogen (secondary N) is 2. The molecule has 1 unspecified atom stereocenters. The van der Waals surface area contributed by atoms with E-state index < -0.39 is 17.6 Å². The molecule has 3 aliphatic rings. The van der Waals surface area contributed by atoms with Crippen LogP contribution in [0.4, 0.5) is 24.5 Å². The summed E-state index contributed by atoms with van der Waals surface area (Å²) in [5.74, 6) is -0.352. The largest absolute Gasteiger partial charge is 0.493 e. The first kappa shape index (κ1) is 26.2. The fourth-order valence-corrected chi connectivity index (χ4v) is 5.33. The predicted molar refractivity (Wildman–Crippen MR) is 137 cm³/mol. The molecular weight excluding hydrogens is 499 g/mol. The number of hydrogen-bond donors (Lipinski definition) is 2. The maximum absolute atomic E-state index is 13.1. The molecule has 0 spiro atoms. The highest BCUT2D eigenvalue weighted by Gasteiger charge is 2.34. The van der Waals surface area contributed by atoms with E-state index in [2.05, 4.69) is 15.5 Å². The Bertz CT molecular complexity index is 1250. The Labute approximate surface area is 219 Å². The smallest absolute Gasteiger partial charge is 0.416 e. The van der Waals surface area contributed by atoms with E-state index in [0.29, 0.717) is 41.8 Å². The molecule has 10 heteroatoms. The number of halogens is 3. The summed E-state index contributed by atoms with van der Waals surface area (Å²) >= 11 is 0. The molecule has 0 bridgehead atoms. The summed E-state index contributed by atoms with van der Waals surface area (Å²) in [5.41, 5.74) is 2.47. The number of carbonyl (C=O) groups excluding carboxylic acids is 2. The highest BCUT2D eigenvalue weighted by molar-refractivity contribution is 6.05. The molecule has 202 valence electrons. The number of anilines is 2. The number of benzene rings is 2. The number of nitrogens with zero attached hydrogens (tertiary/aromatic N) is 1. The number of piperidine rings is 1. The lowest BCUT2D eigenvalue weighted by molar-refractivity contribution is -0.137. The normalized spacial score (nSPS) is 21.6. The van der Waals surface area contributed by atoms with Crippen molar-refractivity contribution in [3.63, 3.8) is 0 Å². The minimum absolute atomic E-state index is 0.0627. The molecule has 2 amide bonds. The van der Waals surface area contributed by atoms with Gasteiger partial charge in [0.1, 0.15) is 5.75 Å². The van der Waals surface area contributed by atoms with Crippen LogP contribution in [0.15, 0.2) is 42.5 Å². The topological polar surface area (TPSA) is 79.9 Å². The molecule has 2 N–H and O–H groups in total. The Balaban J connectivity index is 1.28. The molecular formula is C28H30F3N3O4. The van der Waals surface area contributed by atoms with Gasteiger partial charge in [0, 0.05) is 43.2 Å². The van der Waals surface area contributed by atoms with Gasteiger partial charge in [-0.05, 0) is 67.5 Å². The molecule has 2 aromatic carbocycles. The Morgan fingerprint density at radius 1 is 1.18 bits per heavy atom. The second-order valence-corrected chi connectivity index (χ2v) is 9.87. The molecule has 1 atom stereocenters. The van der Waals surface area contributed by atoms with Gasteiger partial charge in [-0.25, -0.2) is 0 Å². The van der Waals surface area contributed by atoms with E-state index in [9.17, 15) is 22.8 Å². The number of likely N-dealkylation sites (tertiary alicyclic amines) is 1. The Hall–Kier alpha value is -3.37. The lowest BCUT2D eigenvalue weighted by Crippen LogP contribution is -2.51. The van der Waals surface area contributed by atoms with Crippen molar-refractivity contribution >= 4 is 28.8 Å². The average Bonchev–Trinajstić information content (AvgIpc) is 3.09. The van der Waals surface area contributed by atoms with Gasteiger partial charge in [0.05, 0.1) is 24.3 Å². The molecule has 7 nitrogen and oxygen atoms in total. The molecule has 0 aliphatic carbocycles. The lowest BCUT2D eigenvalue weighted by atomic mass is 9.95. The Kier molecular flexibility index (Phi) is 7.45. The molecule has 2 aromatic rings. The van der Waals surface area contributed by atoms with Gasteiger partial charge in [0.2, 0.25) is 11.8 Å². The first-order chi connectivity index (χ1) is 18.2. The number of amides is 2. The lowest BCUT2D eigenvalue weighted by Gasteiger charge is -2.38. The Morgan fingerprint density at radius 2 is 1.97 bits per heavy atom. The molecule has 3 aliphatic heterocycles. The molecule has 0 radical (unpaired) electrons. The van der Waals surface area contributed by atoms with Crippen LogP contribution in [-0.2, 0) is 26.9 Å². The van der Waals surface area contributed by atoms with E-state index in [1.165, 1.54) is 12.1 Å². The van der Waals surface area contributed by atoms with E-state index in [4.69, 9.17) is 9.47 Å². The van der Waals surface area contributed by atoms with Crippen LogP contribution < -0.4 is 15.4 Å². The second kappa shape index (κ2) is 10.8. The van der Waals surface area contributed by atoms with Crippen LogP contribution in [-0.4, -0.2) is 55.7 Å². The summed E-state index contributed by atoms with van der Waals surface area (Å²) in [6.45, 7) is 1.88. The highest BCUT2D eigenvalue weighted by Crippen LogP contribution is 2.38.